The van der Waals surface area contributed by atoms with Gasteiger partial charge < -0.3 is 19.3 Å². The number of carbonyl (C=O) groups excluding carboxylic acids is 2. The van der Waals surface area contributed by atoms with Crippen LogP contribution in [0.3, 0.4) is 0 Å². The van der Waals surface area contributed by atoms with Crippen molar-refractivity contribution in [2.24, 2.45) is 11.8 Å². The van der Waals surface area contributed by atoms with Gasteiger partial charge in [-0.2, -0.15) is 0 Å². The van der Waals surface area contributed by atoms with Gasteiger partial charge in [0.05, 0.1) is 25.6 Å². The van der Waals surface area contributed by atoms with Crippen molar-refractivity contribution in [3.63, 3.8) is 0 Å². The van der Waals surface area contributed by atoms with Gasteiger partial charge in [-0.1, -0.05) is 50.3 Å². The second-order valence-corrected chi connectivity index (χ2v) is 6.48. The Morgan fingerprint density at radius 1 is 0.920 bits per heavy atom. The van der Waals surface area contributed by atoms with Gasteiger partial charge in [0.25, 0.3) is 0 Å². The zero-order chi connectivity index (χ0) is 18.2. The molecule has 1 N–H and O–H groups in total. The monoisotopic (exact) mass is 350 g/mol. The second kappa shape index (κ2) is 9.53. The number of hydrogen-bond acceptors (Lipinski definition) is 6. The van der Waals surface area contributed by atoms with Crippen LogP contribution in [0.5, 0.6) is 0 Å². The third-order valence-electron chi connectivity index (χ3n) is 4.12. The van der Waals surface area contributed by atoms with Gasteiger partial charge in [-0.15, -0.1) is 0 Å². The third-order valence-corrected chi connectivity index (χ3v) is 4.12. The van der Waals surface area contributed by atoms with Crippen molar-refractivity contribution in [1.82, 2.24) is 0 Å². The lowest BCUT2D eigenvalue weighted by molar-refractivity contribution is -0.153. The summed E-state index contributed by atoms with van der Waals surface area (Å²) in [5.74, 6) is -0.657. The van der Waals surface area contributed by atoms with Crippen LogP contribution in [0.25, 0.3) is 0 Å². The van der Waals surface area contributed by atoms with E-state index in [9.17, 15) is 14.7 Å². The Balaban J connectivity index is 2.07. The quantitative estimate of drug-likeness (QED) is 0.531. The van der Waals surface area contributed by atoms with E-state index in [2.05, 4.69) is 0 Å². The number of aliphatic hydroxyl groups excluding tert-OH is 1. The van der Waals surface area contributed by atoms with E-state index in [-0.39, 0.29) is 55.9 Å². The maximum Gasteiger partial charge on any atom is 0.309 e. The molecule has 2 rings (SSSR count). The molecule has 0 spiro atoms. The minimum atomic E-state index is -0.812. The second-order valence-electron chi connectivity index (χ2n) is 6.48. The molecule has 6 heteroatoms. The summed E-state index contributed by atoms with van der Waals surface area (Å²) >= 11 is 0. The predicted octanol–water partition coefficient (Wildman–Crippen LogP) is 1.94. The molecule has 0 aromatic rings. The van der Waals surface area contributed by atoms with E-state index in [4.69, 9.17) is 14.2 Å². The van der Waals surface area contributed by atoms with Crippen LogP contribution in [-0.4, -0.2) is 48.6 Å². The van der Waals surface area contributed by atoms with E-state index in [0.717, 1.165) is 0 Å². The Morgan fingerprint density at radius 3 is 2.28 bits per heavy atom. The predicted molar refractivity (Wildman–Crippen MR) is 91.6 cm³/mol. The van der Waals surface area contributed by atoms with Gasteiger partial charge in [-0.25, -0.2) is 0 Å². The molecule has 0 fully saturated rings. The van der Waals surface area contributed by atoms with Gasteiger partial charge in [0, 0.05) is 11.8 Å². The Labute approximate surface area is 148 Å². The fraction of sp³-hybridized carbons (Fsp3) is 0.579. The smallest absolute Gasteiger partial charge is 0.309 e. The van der Waals surface area contributed by atoms with Crippen molar-refractivity contribution in [3.05, 3.63) is 36.5 Å². The van der Waals surface area contributed by atoms with Crippen molar-refractivity contribution in [1.29, 1.82) is 0 Å². The van der Waals surface area contributed by atoms with Gasteiger partial charge in [-0.05, 0) is 0 Å². The summed E-state index contributed by atoms with van der Waals surface area (Å²) in [5.41, 5.74) is 0. The minimum absolute atomic E-state index is 0.00225. The van der Waals surface area contributed by atoms with Crippen molar-refractivity contribution in [2.75, 3.05) is 13.2 Å². The van der Waals surface area contributed by atoms with Crippen molar-refractivity contribution >= 4 is 11.9 Å². The Kier molecular flexibility index (Phi) is 7.40. The molecule has 2 aliphatic rings. The molecule has 2 heterocycles. The van der Waals surface area contributed by atoms with Crippen LogP contribution in [0, 0.1) is 11.8 Å². The molecular formula is C19H26O6. The number of ether oxygens (including phenoxy) is 3. The average Bonchev–Trinajstić information content (AvgIpc) is 2.58. The fourth-order valence-electron chi connectivity index (χ4n) is 2.57. The Hall–Kier alpha value is -1.92. The fourth-order valence-corrected chi connectivity index (χ4v) is 2.57. The first-order chi connectivity index (χ1) is 12.0. The molecule has 0 unspecified atom stereocenters. The summed E-state index contributed by atoms with van der Waals surface area (Å²) < 4.78 is 16.2. The molecule has 2 bridgehead atoms. The molecule has 0 saturated heterocycles. The molecular weight excluding hydrogens is 324 g/mol. The number of hydrogen-bond donors (Lipinski definition) is 1. The van der Waals surface area contributed by atoms with Crippen LogP contribution < -0.4 is 0 Å². The van der Waals surface area contributed by atoms with Gasteiger partial charge in [0.2, 0.25) is 0 Å². The molecule has 5 atom stereocenters. The summed E-state index contributed by atoms with van der Waals surface area (Å²) in [7, 11) is 0. The number of fused-ring (bicyclic) bond motifs is 2. The van der Waals surface area contributed by atoms with Crippen molar-refractivity contribution in [2.45, 2.75) is 45.0 Å². The van der Waals surface area contributed by atoms with Crippen molar-refractivity contribution in [3.8, 4) is 0 Å². The maximum atomic E-state index is 11.8. The summed E-state index contributed by atoms with van der Waals surface area (Å²) in [6.07, 6.45) is 9.26. The molecule has 0 aromatic heterocycles. The molecule has 0 amide bonds. The lowest BCUT2D eigenvalue weighted by atomic mass is 9.99. The van der Waals surface area contributed by atoms with Crippen LogP contribution in [0.2, 0.25) is 0 Å². The Bertz CT molecular complexity index is 550. The summed E-state index contributed by atoms with van der Waals surface area (Å²) in [6.45, 7) is 4.14. The average molecular weight is 350 g/mol. The first-order valence-corrected chi connectivity index (χ1v) is 8.62. The zero-order valence-corrected chi connectivity index (χ0v) is 14.7. The molecule has 2 aliphatic heterocycles. The molecule has 0 aromatic carbocycles. The number of esters is 2. The normalized spacial score (nSPS) is 37.5. The zero-order valence-electron chi connectivity index (χ0n) is 14.7. The molecule has 0 radical (unpaired) electrons. The largest absolute Gasteiger partial charge is 0.465 e. The molecule has 0 saturated carbocycles. The van der Waals surface area contributed by atoms with Crippen LogP contribution in [0.1, 0.15) is 26.7 Å². The van der Waals surface area contributed by atoms with E-state index in [1.165, 1.54) is 0 Å². The highest BCUT2D eigenvalue weighted by molar-refractivity contribution is 5.71. The maximum absolute atomic E-state index is 11.8. The van der Waals surface area contributed by atoms with Gasteiger partial charge in [0.15, 0.2) is 0 Å². The van der Waals surface area contributed by atoms with Crippen molar-refractivity contribution < 1.29 is 28.9 Å². The minimum Gasteiger partial charge on any atom is -0.465 e. The highest BCUT2D eigenvalue weighted by atomic mass is 16.6. The summed E-state index contributed by atoms with van der Waals surface area (Å²) in [4.78, 5) is 23.5. The van der Waals surface area contributed by atoms with E-state index in [1.54, 1.807) is 24.3 Å². The van der Waals surface area contributed by atoms with E-state index >= 15 is 0 Å². The lowest BCUT2D eigenvalue weighted by Crippen LogP contribution is -2.40. The van der Waals surface area contributed by atoms with Gasteiger partial charge >= 0.3 is 11.9 Å². The summed E-state index contributed by atoms with van der Waals surface area (Å²) in [5, 5.41) is 9.99. The lowest BCUT2D eigenvalue weighted by Gasteiger charge is -2.31. The van der Waals surface area contributed by atoms with Crippen LogP contribution >= 0.6 is 0 Å². The van der Waals surface area contributed by atoms with Crippen LogP contribution in [-0.2, 0) is 23.8 Å². The number of aliphatic hydroxyl groups is 1. The number of cyclic esters (lactones) is 2. The molecule has 138 valence electrons. The first-order valence-electron chi connectivity index (χ1n) is 8.62. The molecule has 25 heavy (non-hydrogen) atoms. The van der Waals surface area contributed by atoms with E-state index in [1.807, 2.05) is 26.0 Å². The number of rotatable bonds is 0. The van der Waals surface area contributed by atoms with Gasteiger partial charge in [-0.3, -0.25) is 9.59 Å². The summed E-state index contributed by atoms with van der Waals surface area (Å²) in [6, 6.07) is 0. The van der Waals surface area contributed by atoms with Gasteiger partial charge in [0.1, 0.15) is 18.8 Å². The number of carbonyl (C=O) groups is 2. The highest BCUT2D eigenvalue weighted by Crippen LogP contribution is 2.21. The van der Waals surface area contributed by atoms with E-state index < -0.39 is 12.2 Å². The molecule has 0 aliphatic carbocycles. The Morgan fingerprint density at radius 2 is 1.56 bits per heavy atom. The standard InChI is InChI=1S/C19H26O6/c1-13-5-3-7-19(22)24-12-17-15(20)9-10-16(25-17)14(2)6-4-8-18(21)23-11-13/h3-6,9-10,13-17,20H,7-8,11-12H2,1-2H3/b5-3+,6-4+/t13-,14-,15+,16+,17-/m1/s1. The SMILES string of the molecule is C[C@@H]1/C=C/CC(=O)OC[C@H]2O[C@@H](C=C[C@@H]2O)[C@H](C)/C=C/CC(=O)OC1. The third kappa shape index (κ3) is 6.48. The topological polar surface area (TPSA) is 82.1 Å². The molecule has 6 nitrogen and oxygen atoms in total. The van der Waals surface area contributed by atoms with E-state index in [0.29, 0.717) is 0 Å². The van der Waals surface area contributed by atoms with Crippen LogP contribution in [0.4, 0.5) is 0 Å². The highest BCUT2D eigenvalue weighted by Gasteiger charge is 2.29. The first kappa shape index (κ1) is 19.4. The van der Waals surface area contributed by atoms with Crippen LogP contribution in [0.15, 0.2) is 36.5 Å².